The Hall–Kier alpha value is -3.52. The lowest BCUT2D eigenvalue weighted by molar-refractivity contribution is -0.137. The van der Waals surface area contributed by atoms with Crippen molar-refractivity contribution in [2.24, 2.45) is 0 Å². The maximum atomic E-state index is 13.1. The van der Waals surface area contributed by atoms with Crippen molar-refractivity contribution in [3.63, 3.8) is 0 Å². The summed E-state index contributed by atoms with van der Waals surface area (Å²) < 4.78 is 39.4. The molecule has 0 bridgehead atoms. The highest BCUT2D eigenvalue weighted by Crippen LogP contribution is 2.34. The minimum absolute atomic E-state index is 0.0933. The van der Waals surface area contributed by atoms with Crippen molar-refractivity contribution < 1.29 is 13.2 Å². The molecule has 2 aromatic rings. The lowest BCUT2D eigenvalue weighted by Gasteiger charge is -2.16. The quantitative estimate of drug-likeness (QED) is 0.831. The molecule has 1 N–H and O–H groups in total. The van der Waals surface area contributed by atoms with Crippen molar-refractivity contribution in [1.82, 2.24) is 4.98 Å². The third kappa shape index (κ3) is 4.52. The van der Waals surface area contributed by atoms with Crippen molar-refractivity contribution in [1.29, 1.82) is 10.5 Å². The second kappa shape index (κ2) is 7.58. The monoisotopic (exact) mass is 357 g/mol. The molecule has 1 aromatic heterocycles. The molecule has 0 saturated carbocycles. The first-order valence-electron chi connectivity index (χ1n) is 7.38. The number of nitrogens with one attached hydrogen (secondary N) is 1. The van der Waals surface area contributed by atoms with Gasteiger partial charge in [-0.25, -0.2) is 4.98 Å². The Morgan fingerprint density at radius 1 is 1.12 bits per heavy atom. The van der Waals surface area contributed by atoms with Gasteiger partial charge in [0.2, 0.25) is 0 Å². The Morgan fingerprint density at radius 2 is 1.73 bits per heavy atom. The van der Waals surface area contributed by atoms with Crippen molar-refractivity contribution in [2.75, 3.05) is 24.3 Å². The fourth-order valence-corrected chi connectivity index (χ4v) is 2.04. The van der Waals surface area contributed by atoms with Gasteiger partial charge in [0, 0.05) is 31.5 Å². The van der Waals surface area contributed by atoms with E-state index in [2.05, 4.69) is 10.3 Å². The Balaban J connectivity index is 2.37. The van der Waals surface area contributed by atoms with Gasteiger partial charge in [0.05, 0.1) is 11.3 Å². The SMILES string of the molecule is CN(C)c1cc(C(F)(F)F)cc(-c2ccc(NC=C(C#N)C#N)cc2)n1. The Labute approximate surface area is 148 Å². The molecule has 0 amide bonds. The number of benzene rings is 1. The molecule has 5 nitrogen and oxygen atoms in total. The van der Waals surface area contributed by atoms with Crippen LogP contribution in [0.3, 0.4) is 0 Å². The zero-order valence-corrected chi connectivity index (χ0v) is 14.0. The molecule has 0 fully saturated rings. The van der Waals surface area contributed by atoms with E-state index in [-0.39, 0.29) is 17.1 Å². The number of aromatic nitrogens is 1. The zero-order chi connectivity index (χ0) is 19.3. The Morgan fingerprint density at radius 3 is 2.23 bits per heavy atom. The van der Waals surface area contributed by atoms with Gasteiger partial charge in [-0.15, -0.1) is 0 Å². The predicted octanol–water partition coefficient (Wildman–Crippen LogP) is 4.18. The first-order chi connectivity index (χ1) is 12.2. The summed E-state index contributed by atoms with van der Waals surface area (Å²) in [5.74, 6) is 0.202. The van der Waals surface area contributed by atoms with Gasteiger partial charge >= 0.3 is 6.18 Å². The summed E-state index contributed by atoms with van der Waals surface area (Å²) in [5, 5.41) is 20.1. The number of anilines is 2. The average molecular weight is 357 g/mol. The zero-order valence-electron chi connectivity index (χ0n) is 14.0. The molecule has 0 spiro atoms. The summed E-state index contributed by atoms with van der Waals surface area (Å²) in [6.45, 7) is 0. The molecule has 132 valence electrons. The summed E-state index contributed by atoms with van der Waals surface area (Å²) in [6.07, 6.45) is -3.22. The molecule has 26 heavy (non-hydrogen) atoms. The van der Waals surface area contributed by atoms with Crippen molar-refractivity contribution in [3.8, 4) is 23.4 Å². The molecular weight excluding hydrogens is 343 g/mol. The van der Waals surface area contributed by atoms with Gasteiger partial charge in [-0.3, -0.25) is 0 Å². The van der Waals surface area contributed by atoms with E-state index in [1.54, 1.807) is 50.5 Å². The summed E-state index contributed by atoms with van der Waals surface area (Å²) in [7, 11) is 3.24. The number of nitrogens with zero attached hydrogens (tertiary/aromatic N) is 4. The van der Waals surface area contributed by atoms with Crippen LogP contribution >= 0.6 is 0 Å². The molecular formula is C18H14F3N5. The van der Waals surface area contributed by atoms with Crippen LogP contribution in [0.4, 0.5) is 24.7 Å². The number of nitriles is 2. The Kier molecular flexibility index (Phi) is 5.48. The smallest absolute Gasteiger partial charge is 0.363 e. The van der Waals surface area contributed by atoms with Crippen molar-refractivity contribution in [3.05, 3.63) is 53.7 Å². The van der Waals surface area contributed by atoms with Crippen LogP contribution < -0.4 is 10.2 Å². The van der Waals surface area contributed by atoms with Crippen molar-refractivity contribution in [2.45, 2.75) is 6.18 Å². The third-order valence-electron chi connectivity index (χ3n) is 3.40. The summed E-state index contributed by atoms with van der Waals surface area (Å²) in [4.78, 5) is 5.76. The van der Waals surface area contributed by atoms with Crippen LogP contribution in [0.15, 0.2) is 48.2 Å². The maximum absolute atomic E-state index is 13.1. The second-order valence-corrected chi connectivity index (χ2v) is 5.49. The lowest BCUT2D eigenvalue weighted by atomic mass is 10.1. The highest BCUT2D eigenvalue weighted by atomic mass is 19.4. The summed E-state index contributed by atoms with van der Waals surface area (Å²) >= 11 is 0. The first-order valence-corrected chi connectivity index (χ1v) is 7.38. The largest absolute Gasteiger partial charge is 0.416 e. The number of alkyl halides is 3. The van der Waals surface area contributed by atoms with Crippen LogP contribution in [0.25, 0.3) is 11.3 Å². The summed E-state index contributed by atoms with van der Waals surface area (Å²) in [6, 6.07) is 11.9. The molecule has 2 rings (SSSR count). The van der Waals surface area contributed by atoms with Crippen LogP contribution in [0.5, 0.6) is 0 Å². The van der Waals surface area contributed by atoms with Gasteiger partial charge in [0.25, 0.3) is 0 Å². The van der Waals surface area contributed by atoms with E-state index in [1.165, 1.54) is 11.1 Å². The number of rotatable bonds is 4. The molecule has 0 saturated heterocycles. The molecule has 0 unspecified atom stereocenters. The first kappa shape index (κ1) is 18.8. The Bertz CT molecular complexity index is 884. The number of pyridine rings is 1. The van der Waals surface area contributed by atoms with Gasteiger partial charge in [0.1, 0.15) is 23.5 Å². The molecule has 0 aliphatic carbocycles. The van der Waals surface area contributed by atoms with E-state index < -0.39 is 11.7 Å². The van der Waals surface area contributed by atoms with Crippen LogP contribution in [0.1, 0.15) is 5.56 Å². The summed E-state index contributed by atoms with van der Waals surface area (Å²) in [5.41, 5.74) is 0.416. The minimum atomic E-state index is -4.47. The third-order valence-corrected chi connectivity index (χ3v) is 3.40. The molecule has 0 aliphatic heterocycles. The van der Waals surface area contributed by atoms with Gasteiger partial charge in [-0.1, -0.05) is 12.1 Å². The van der Waals surface area contributed by atoms with E-state index in [0.717, 1.165) is 12.1 Å². The molecule has 0 atom stereocenters. The van der Waals surface area contributed by atoms with Gasteiger partial charge < -0.3 is 10.2 Å². The highest BCUT2D eigenvalue weighted by Gasteiger charge is 2.32. The van der Waals surface area contributed by atoms with E-state index in [9.17, 15) is 13.2 Å². The normalized spacial score (nSPS) is 10.4. The van der Waals surface area contributed by atoms with Crippen LogP contribution in [-0.2, 0) is 6.18 Å². The predicted molar refractivity (Wildman–Crippen MR) is 91.9 cm³/mol. The number of hydrogen-bond acceptors (Lipinski definition) is 5. The number of halogens is 3. The molecule has 0 aliphatic rings. The highest BCUT2D eigenvalue weighted by molar-refractivity contribution is 5.66. The van der Waals surface area contributed by atoms with Crippen LogP contribution in [0.2, 0.25) is 0 Å². The van der Waals surface area contributed by atoms with Gasteiger partial charge in [0.15, 0.2) is 0 Å². The molecule has 1 heterocycles. The fourth-order valence-electron chi connectivity index (χ4n) is 2.04. The van der Waals surface area contributed by atoms with Crippen LogP contribution in [-0.4, -0.2) is 19.1 Å². The average Bonchev–Trinajstić information content (AvgIpc) is 2.62. The second-order valence-electron chi connectivity index (χ2n) is 5.49. The van der Waals surface area contributed by atoms with Gasteiger partial charge in [-0.05, 0) is 24.3 Å². The topological polar surface area (TPSA) is 75.7 Å². The number of allylic oxidation sites excluding steroid dienone is 1. The minimum Gasteiger partial charge on any atom is -0.363 e. The number of hydrogen-bond donors (Lipinski definition) is 1. The molecule has 8 heteroatoms. The maximum Gasteiger partial charge on any atom is 0.416 e. The van der Waals surface area contributed by atoms with Crippen molar-refractivity contribution >= 4 is 11.5 Å². The standard InChI is InChI=1S/C18H14F3N5/c1-26(2)17-8-14(18(19,20)21)7-16(25-17)13-3-5-15(6-4-13)24-11-12(9-22)10-23/h3-8,11,24H,1-2H3. The molecule has 1 aromatic carbocycles. The fraction of sp³-hybridized carbons (Fsp3) is 0.167. The van der Waals surface area contributed by atoms with E-state index in [0.29, 0.717) is 11.3 Å². The van der Waals surface area contributed by atoms with Crippen LogP contribution in [0, 0.1) is 22.7 Å². The van der Waals surface area contributed by atoms with E-state index in [4.69, 9.17) is 10.5 Å². The molecule has 0 radical (unpaired) electrons. The van der Waals surface area contributed by atoms with E-state index in [1.807, 2.05) is 0 Å². The van der Waals surface area contributed by atoms with Gasteiger partial charge in [-0.2, -0.15) is 23.7 Å². The lowest BCUT2D eigenvalue weighted by Crippen LogP contribution is -2.14. The van der Waals surface area contributed by atoms with E-state index >= 15 is 0 Å².